The van der Waals surface area contributed by atoms with Crippen molar-refractivity contribution in [2.45, 2.75) is 121 Å². The Labute approximate surface area is 218 Å². The minimum atomic E-state index is -1.41. The summed E-state index contributed by atoms with van der Waals surface area (Å²) >= 11 is 0. The van der Waals surface area contributed by atoms with Crippen molar-refractivity contribution in [3.05, 3.63) is 34.4 Å². The molecule has 0 spiro atoms. The first-order valence-electron chi connectivity index (χ1n) is 13.5. The standard InChI is InChI=1S/C26H44N4O7/c27-23-19(18-30(26(35)28-23)25-22(34)21(33)24(29-36)37-25)16-14-12-10-8-6-4-2-1-3-5-7-9-11-13-15-17-20(31)32/h1,3,18,21-22,24-25,29,33-34,36H,2,4-17H2,(H,31,32)(H2,27,28,35)/b3-1+/t21-,22+,24-,25+/m0/s1. The molecule has 2 heterocycles. The molecule has 1 aliphatic rings. The Hall–Kier alpha value is -2.31. The van der Waals surface area contributed by atoms with Gasteiger partial charge in [0.05, 0.1) is 0 Å². The molecular weight excluding hydrogens is 480 g/mol. The molecule has 1 aliphatic heterocycles. The van der Waals surface area contributed by atoms with Crippen molar-refractivity contribution in [2.24, 2.45) is 0 Å². The van der Waals surface area contributed by atoms with Crippen molar-refractivity contribution in [1.82, 2.24) is 15.0 Å². The Bertz CT molecular complexity index is 892. The number of hydrogen-bond acceptors (Lipinski definition) is 9. The number of carboxylic acids is 1. The quantitative estimate of drug-likeness (QED) is 0.0894. The van der Waals surface area contributed by atoms with Gasteiger partial charge in [-0.3, -0.25) is 9.36 Å². The summed E-state index contributed by atoms with van der Waals surface area (Å²) in [6.45, 7) is 0. The van der Waals surface area contributed by atoms with Gasteiger partial charge in [-0.15, -0.1) is 0 Å². The Morgan fingerprint density at radius 2 is 1.54 bits per heavy atom. The Balaban J connectivity index is 1.55. The first kappa shape index (κ1) is 30.9. The van der Waals surface area contributed by atoms with Gasteiger partial charge in [-0.1, -0.05) is 57.1 Å². The molecule has 210 valence electrons. The van der Waals surface area contributed by atoms with Crippen LogP contribution >= 0.6 is 0 Å². The molecule has 0 radical (unpaired) electrons. The molecule has 0 bridgehead atoms. The number of nitrogen functional groups attached to an aromatic ring is 1. The molecule has 0 saturated carbocycles. The van der Waals surface area contributed by atoms with Gasteiger partial charge < -0.3 is 31.0 Å². The van der Waals surface area contributed by atoms with E-state index in [0.717, 1.165) is 75.2 Å². The number of carbonyl (C=O) groups is 1. The number of aliphatic hydroxyl groups is 2. The van der Waals surface area contributed by atoms with Gasteiger partial charge in [0.15, 0.2) is 12.5 Å². The van der Waals surface area contributed by atoms with Crippen molar-refractivity contribution in [3.8, 4) is 0 Å². The number of nitrogens with two attached hydrogens (primary N) is 1. The van der Waals surface area contributed by atoms with Crippen LogP contribution in [0.15, 0.2) is 23.1 Å². The second kappa shape index (κ2) is 17.2. The molecule has 11 nitrogen and oxygen atoms in total. The highest BCUT2D eigenvalue weighted by Crippen LogP contribution is 2.27. The van der Waals surface area contributed by atoms with Gasteiger partial charge in [0.1, 0.15) is 18.0 Å². The molecule has 1 saturated heterocycles. The number of carboxylic acid groups (broad SMARTS) is 1. The lowest BCUT2D eigenvalue weighted by atomic mass is 10.1. The van der Waals surface area contributed by atoms with Crippen molar-refractivity contribution >= 4 is 11.8 Å². The monoisotopic (exact) mass is 524 g/mol. The first-order chi connectivity index (χ1) is 17.8. The van der Waals surface area contributed by atoms with Gasteiger partial charge in [0.25, 0.3) is 0 Å². The number of aryl methyl sites for hydroxylation is 1. The average molecular weight is 525 g/mol. The van der Waals surface area contributed by atoms with Gasteiger partial charge in [-0.05, 0) is 44.9 Å². The number of anilines is 1. The van der Waals surface area contributed by atoms with Gasteiger partial charge in [0.2, 0.25) is 0 Å². The number of unbranched alkanes of at least 4 members (excludes halogenated alkanes) is 11. The van der Waals surface area contributed by atoms with Crippen LogP contribution in [0.2, 0.25) is 0 Å². The minimum absolute atomic E-state index is 0.149. The van der Waals surface area contributed by atoms with E-state index in [4.69, 9.17) is 20.8 Å². The fourth-order valence-electron chi connectivity index (χ4n) is 4.48. The molecule has 2 rings (SSSR count). The van der Waals surface area contributed by atoms with Crippen LogP contribution in [-0.4, -0.2) is 54.5 Å². The predicted molar refractivity (Wildman–Crippen MR) is 139 cm³/mol. The van der Waals surface area contributed by atoms with Crippen LogP contribution < -0.4 is 16.9 Å². The van der Waals surface area contributed by atoms with Gasteiger partial charge in [0, 0.05) is 18.2 Å². The predicted octanol–water partition coefficient (Wildman–Crippen LogP) is 3.03. The highest BCUT2D eigenvalue weighted by molar-refractivity contribution is 5.66. The third-order valence-electron chi connectivity index (χ3n) is 6.70. The third kappa shape index (κ3) is 10.9. The minimum Gasteiger partial charge on any atom is -0.481 e. The van der Waals surface area contributed by atoms with E-state index in [1.807, 2.05) is 0 Å². The van der Waals surface area contributed by atoms with E-state index in [1.165, 1.54) is 19.0 Å². The number of hydrogen-bond donors (Lipinski definition) is 6. The summed E-state index contributed by atoms with van der Waals surface area (Å²) < 4.78 is 6.44. The zero-order chi connectivity index (χ0) is 27.0. The van der Waals surface area contributed by atoms with E-state index in [-0.39, 0.29) is 12.2 Å². The van der Waals surface area contributed by atoms with Crippen molar-refractivity contribution in [3.63, 3.8) is 0 Å². The smallest absolute Gasteiger partial charge is 0.351 e. The van der Waals surface area contributed by atoms with Crippen LogP contribution in [0.4, 0.5) is 5.82 Å². The molecule has 11 heteroatoms. The second-order valence-corrected chi connectivity index (χ2v) is 9.73. The van der Waals surface area contributed by atoms with Crippen LogP contribution in [0.25, 0.3) is 0 Å². The zero-order valence-electron chi connectivity index (χ0n) is 21.6. The lowest BCUT2D eigenvalue weighted by Crippen LogP contribution is -2.39. The second-order valence-electron chi connectivity index (χ2n) is 9.73. The van der Waals surface area contributed by atoms with Gasteiger partial charge in [-0.2, -0.15) is 10.5 Å². The molecule has 4 atom stereocenters. The maximum atomic E-state index is 12.3. The van der Waals surface area contributed by atoms with E-state index in [2.05, 4.69) is 17.1 Å². The Kier molecular flexibility index (Phi) is 14.4. The summed E-state index contributed by atoms with van der Waals surface area (Å²) in [5.41, 5.74) is 7.67. The van der Waals surface area contributed by atoms with Crippen LogP contribution in [0.3, 0.4) is 0 Å². The fourth-order valence-corrected chi connectivity index (χ4v) is 4.48. The maximum absolute atomic E-state index is 12.3. The van der Waals surface area contributed by atoms with Gasteiger partial charge in [-0.25, -0.2) is 4.79 Å². The van der Waals surface area contributed by atoms with Crippen molar-refractivity contribution in [2.75, 3.05) is 5.73 Å². The molecule has 0 aromatic carbocycles. The number of aliphatic hydroxyl groups excluding tert-OH is 2. The number of aromatic nitrogens is 2. The Morgan fingerprint density at radius 3 is 2.11 bits per heavy atom. The SMILES string of the molecule is Nc1nc(=O)n([C@@H]2O[C@H](NO)[C@@H](O)[C@H]2O)cc1CCCCCCCC/C=C/CCCCCCCC(=O)O. The zero-order valence-corrected chi connectivity index (χ0v) is 21.6. The van der Waals surface area contributed by atoms with E-state index < -0.39 is 36.3 Å². The number of allylic oxidation sites excluding steroid dienone is 2. The fraction of sp³-hybridized carbons (Fsp3) is 0.731. The number of nitrogens with one attached hydrogen (secondary N) is 1. The molecule has 0 amide bonds. The molecule has 0 unspecified atom stereocenters. The summed E-state index contributed by atoms with van der Waals surface area (Å²) in [6, 6.07) is 0. The number of rotatable bonds is 19. The highest BCUT2D eigenvalue weighted by Gasteiger charge is 2.44. The highest BCUT2D eigenvalue weighted by atomic mass is 16.6. The molecule has 1 aromatic heterocycles. The molecular formula is C26H44N4O7. The van der Waals surface area contributed by atoms with E-state index in [9.17, 15) is 19.8 Å². The summed E-state index contributed by atoms with van der Waals surface area (Å²) in [6.07, 6.45) is 15.7. The topological polar surface area (TPSA) is 180 Å². The van der Waals surface area contributed by atoms with E-state index >= 15 is 0 Å². The number of ether oxygens (including phenoxy) is 1. The molecule has 1 fully saturated rings. The summed E-state index contributed by atoms with van der Waals surface area (Å²) in [4.78, 5) is 26.5. The van der Waals surface area contributed by atoms with Crippen molar-refractivity contribution < 1.29 is 30.1 Å². The lowest BCUT2D eigenvalue weighted by Gasteiger charge is -2.18. The largest absolute Gasteiger partial charge is 0.481 e. The third-order valence-corrected chi connectivity index (χ3v) is 6.70. The van der Waals surface area contributed by atoms with E-state index in [0.29, 0.717) is 12.0 Å². The molecule has 1 aromatic rings. The Morgan fingerprint density at radius 1 is 0.973 bits per heavy atom. The van der Waals surface area contributed by atoms with Crippen LogP contribution in [0, 0.1) is 0 Å². The summed E-state index contributed by atoms with van der Waals surface area (Å²) in [5.74, 6) is -0.557. The normalized spacial score (nSPS) is 21.7. The molecule has 7 N–H and O–H groups in total. The van der Waals surface area contributed by atoms with Crippen molar-refractivity contribution in [1.29, 1.82) is 0 Å². The average Bonchev–Trinajstić information content (AvgIpc) is 3.15. The van der Waals surface area contributed by atoms with E-state index in [1.54, 1.807) is 5.48 Å². The molecule has 0 aliphatic carbocycles. The van der Waals surface area contributed by atoms with Gasteiger partial charge >= 0.3 is 11.7 Å². The van der Waals surface area contributed by atoms with Crippen LogP contribution in [0.1, 0.15) is 102 Å². The number of nitrogens with zero attached hydrogens (tertiary/aromatic N) is 2. The van der Waals surface area contributed by atoms with Crippen LogP contribution in [-0.2, 0) is 16.0 Å². The summed E-state index contributed by atoms with van der Waals surface area (Å²) in [5, 5.41) is 37.7. The maximum Gasteiger partial charge on any atom is 0.351 e. The number of aliphatic carboxylic acids is 1. The van der Waals surface area contributed by atoms with Crippen LogP contribution in [0.5, 0.6) is 0 Å². The first-order valence-corrected chi connectivity index (χ1v) is 13.5. The lowest BCUT2D eigenvalue weighted by molar-refractivity contribution is -0.137. The molecule has 37 heavy (non-hydrogen) atoms. The number of hydroxylamine groups is 1. The summed E-state index contributed by atoms with van der Waals surface area (Å²) in [7, 11) is 0.